The van der Waals surface area contributed by atoms with E-state index in [9.17, 15) is 0 Å². The molecule has 31 heavy (non-hydrogen) atoms. The highest BCUT2D eigenvalue weighted by atomic mass is 14.2. The van der Waals surface area contributed by atoms with Crippen LogP contribution in [0.3, 0.4) is 0 Å². The first-order valence-corrected chi connectivity index (χ1v) is 11.2. The maximum absolute atomic E-state index is 2.27. The van der Waals surface area contributed by atoms with Crippen LogP contribution < -0.4 is 0 Å². The summed E-state index contributed by atoms with van der Waals surface area (Å²) < 4.78 is 0. The highest BCUT2D eigenvalue weighted by Gasteiger charge is 2.16. The highest BCUT2D eigenvalue weighted by molar-refractivity contribution is 5.97. The average molecular weight is 419 g/mol. The summed E-state index contributed by atoms with van der Waals surface area (Å²) in [5, 5.41) is 2.97. The van der Waals surface area contributed by atoms with Crippen LogP contribution in [0.4, 0.5) is 0 Å². The van der Waals surface area contributed by atoms with Crippen LogP contribution in [0.25, 0.3) is 10.8 Å². The van der Waals surface area contributed by atoms with Crippen molar-refractivity contribution in [2.45, 2.75) is 104 Å². The molecule has 0 aliphatic rings. The minimum atomic E-state index is 0. The second-order valence-corrected chi connectivity index (χ2v) is 9.50. The summed E-state index contributed by atoms with van der Waals surface area (Å²) in [7, 11) is 0. The maximum atomic E-state index is 2.27. The summed E-state index contributed by atoms with van der Waals surface area (Å²) >= 11 is 0. The van der Waals surface area contributed by atoms with E-state index in [0.717, 1.165) is 0 Å². The molecule has 0 saturated carbocycles. The van der Waals surface area contributed by atoms with E-state index < -0.39 is 0 Å². The Labute approximate surface area is 193 Å². The molecule has 0 radical (unpaired) electrons. The summed E-state index contributed by atoms with van der Waals surface area (Å²) in [5.74, 6) is 0. The number of benzene rings is 3. The summed E-state index contributed by atoms with van der Waals surface area (Å²) in [6.45, 7) is 31.4. The number of hydrogen-bond donors (Lipinski definition) is 0. The molecule has 0 amide bonds. The fourth-order valence-electron chi connectivity index (χ4n) is 4.88. The number of aryl methyl sites for hydroxylation is 4. The molecule has 0 aliphatic heterocycles. The molecule has 0 heterocycles. The molecule has 3 aromatic rings. The zero-order chi connectivity index (χ0) is 23.2. The molecule has 0 atom stereocenters. The zero-order valence-electron chi connectivity index (χ0n) is 22.0. The summed E-state index contributed by atoms with van der Waals surface area (Å²) in [6.07, 6.45) is 0. The van der Waals surface area contributed by atoms with Crippen LogP contribution in [-0.2, 0) is 0 Å². The first-order chi connectivity index (χ1) is 13.7. The van der Waals surface area contributed by atoms with Crippen LogP contribution in [0.2, 0.25) is 0 Å². The monoisotopic (exact) mass is 418 g/mol. The van der Waals surface area contributed by atoms with Crippen LogP contribution in [-0.4, -0.2) is 0 Å². The first kappa shape index (κ1) is 27.0. The molecule has 0 aromatic heterocycles. The standard InChI is InChI=1S/C18H24.C12H18.CH4/c1-9-10(2)14(6)18-16(8)12(4)11(3)15(7)17(18)13(9)5;1-7-8(2)10(4)12(6)11(5)9(7)3;/h1-8H3;1-6H3;1H4. The van der Waals surface area contributed by atoms with Gasteiger partial charge in [-0.3, -0.25) is 0 Å². The van der Waals surface area contributed by atoms with Crippen LogP contribution in [0.5, 0.6) is 0 Å². The Balaban J connectivity index is 0.000000324. The zero-order valence-corrected chi connectivity index (χ0v) is 22.0. The highest BCUT2D eigenvalue weighted by Crippen LogP contribution is 2.36. The molecule has 0 saturated heterocycles. The van der Waals surface area contributed by atoms with Crippen molar-refractivity contribution in [2.75, 3.05) is 0 Å². The van der Waals surface area contributed by atoms with E-state index in [2.05, 4.69) is 96.9 Å². The number of fused-ring (bicyclic) bond motifs is 1. The minimum Gasteiger partial charge on any atom is -0.0776 e. The van der Waals surface area contributed by atoms with Gasteiger partial charge in [-0.05, 0) is 186 Å². The molecular formula is C31H46. The topological polar surface area (TPSA) is 0 Å². The van der Waals surface area contributed by atoms with Crippen molar-refractivity contribution in [1.82, 2.24) is 0 Å². The second-order valence-electron chi connectivity index (χ2n) is 9.50. The Kier molecular flexibility index (Phi) is 8.34. The predicted molar refractivity (Wildman–Crippen MR) is 143 cm³/mol. The van der Waals surface area contributed by atoms with Gasteiger partial charge < -0.3 is 0 Å². The lowest BCUT2D eigenvalue weighted by molar-refractivity contribution is 1.13. The fraction of sp³-hybridized carbons (Fsp3) is 0.484. The van der Waals surface area contributed by atoms with Gasteiger partial charge in [0.1, 0.15) is 0 Å². The van der Waals surface area contributed by atoms with E-state index in [1.54, 1.807) is 0 Å². The van der Waals surface area contributed by atoms with Crippen LogP contribution >= 0.6 is 0 Å². The molecule has 0 heteroatoms. The smallest absolute Gasteiger partial charge is 0.0114 e. The van der Waals surface area contributed by atoms with Gasteiger partial charge >= 0.3 is 0 Å². The van der Waals surface area contributed by atoms with Gasteiger partial charge in [0.25, 0.3) is 0 Å². The predicted octanol–water partition coefficient (Wildman–Crippen LogP) is 9.48. The summed E-state index contributed by atoms with van der Waals surface area (Å²) in [6, 6.07) is 0. The van der Waals surface area contributed by atoms with Gasteiger partial charge in [0.15, 0.2) is 0 Å². The molecule has 0 bridgehead atoms. The molecule has 170 valence electrons. The Bertz CT molecular complexity index is 936. The largest absolute Gasteiger partial charge is 0.0776 e. The van der Waals surface area contributed by atoms with Crippen LogP contribution in [0.15, 0.2) is 0 Å². The lowest BCUT2D eigenvalue weighted by Crippen LogP contribution is -2.01. The van der Waals surface area contributed by atoms with Crippen LogP contribution in [0, 0.1) is 96.9 Å². The van der Waals surface area contributed by atoms with E-state index in [1.165, 1.54) is 88.7 Å². The Morgan fingerprint density at radius 1 is 0.194 bits per heavy atom. The van der Waals surface area contributed by atoms with Crippen molar-refractivity contribution in [3.63, 3.8) is 0 Å². The molecule has 0 nitrogen and oxygen atoms in total. The summed E-state index contributed by atoms with van der Waals surface area (Å²) in [4.78, 5) is 0. The molecule has 0 N–H and O–H groups in total. The van der Waals surface area contributed by atoms with Gasteiger partial charge in [0.05, 0.1) is 0 Å². The molecule has 0 aliphatic carbocycles. The summed E-state index contributed by atoms with van der Waals surface area (Å²) in [5.41, 5.74) is 20.3. The number of hydrogen-bond acceptors (Lipinski definition) is 0. The van der Waals surface area contributed by atoms with Crippen molar-refractivity contribution in [3.8, 4) is 0 Å². The van der Waals surface area contributed by atoms with Crippen molar-refractivity contribution in [2.24, 2.45) is 0 Å². The van der Waals surface area contributed by atoms with Crippen molar-refractivity contribution in [3.05, 3.63) is 77.9 Å². The van der Waals surface area contributed by atoms with E-state index in [1.807, 2.05) is 0 Å². The molecule has 3 aromatic carbocycles. The minimum absolute atomic E-state index is 0. The number of rotatable bonds is 0. The van der Waals surface area contributed by atoms with Gasteiger partial charge in [-0.25, -0.2) is 0 Å². The van der Waals surface area contributed by atoms with E-state index in [0.29, 0.717) is 0 Å². The lowest BCUT2D eigenvalue weighted by Gasteiger charge is -2.21. The Hall–Kier alpha value is -2.08. The van der Waals surface area contributed by atoms with Crippen molar-refractivity contribution < 1.29 is 0 Å². The van der Waals surface area contributed by atoms with Gasteiger partial charge in [-0.15, -0.1) is 0 Å². The average Bonchev–Trinajstić information content (AvgIpc) is 2.73. The third-order valence-electron chi connectivity index (χ3n) is 8.50. The van der Waals surface area contributed by atoms with Gasteiger partial charge in [0.2, 0.25) is 0 Å². The third kappa shape index (κ3) is 4.32. The van der Waals surface area contributed by atoms with Gasteiger partial charge in [-0.1, -0.05) is 7.43 Å². The Morgan fingerprint density at radius 3 is 0.419 bits per heavy atom. The molecule has 0 fully saturated rings. The quantitative estimate of drug-likeness (QED) is 0.341. The van der Waals surface area contributed by atoms with E-state index >= 15 is 0 Å². The van der Waals surface area contributed by atoms with Crippen LogP contribution in [0.1, 0.15) is 85.3 Å². The van der Waals surface area contributed by atoms with Gasteiger partial charge in [0, 0.05) is 0 Å². The van der Waals surface area contributed by atoms with Crippen molar-refractivity contribution in [1.29, 1.82) is 0 Å². The SMILES string of the molecule is C.Cc1c(C)c(C)c(C)c(C)c1C.Cc1c(C)c(C)c2c(C)c(C)c(C)c(C)c2c1C. The molecule has 0 spiro atoms. The maximum Gasteiger partial charge on any atom is -0.0114 e. The molecule has 3 rings (SSSR count). The van der Waals surface area contributed by atoms with E-state index in [-0.39, 0.29) is 7.43 Å². The second kappa shape index (κ2) is 9.60. The van der Waals surface area contributed by atoms with Gasteiger partial charge in [-0.2, -0.15) is 0 Å². The van der Waals surface area contributed by atoms with E-state index in [4.69, 9.17) is 0 Å². The Morgan fingerprint density at radius 2 is 0.290 bits per heavy atom. The first-order valence-electron chi connectivity index (χ1n) is 11.2. The lowest BCUT2D eigenvalue weighted by atomic mass is 9.83. The molecular weight excluding hydrogens is 372 g/mol. The fourth-order valence-corrected chi connectivity index (χ4v) is 4.88. The third-order valence-corrected chi connectivity index (χ3v) is 8.50. The molecule has 0 unspecified atom stereocenters. The van der Waals surface area contributed by atoms with Crippen molar-refractivity contribution >= 4 is 10.8 Å². The normalized spacial score (nSPS) is 10.6.